The van der Waals surface area contributed by atoms with Gasteiger partial charge in [0.15, 0.2) is 0 Å². The summed E-state index contributed by atoms with van der Waals surface area (Å²) in [5, 5.41) is 22.4. The van der Waals surface area contributed by atoms with E-state index in [0.29, 0.717) is 83.1 Å². The second-order valence-electron chi connectivity index (χ2n) is 22.8. The molecular formula is C55H84N14O6S2. The standard InChI is InChI=1S/C31H43N7O3.C24H37N7O3.2H2S/c1-31(2,3)41-30(39)38-18-17-37(20-24(38)12-14-32)28-26-13-16-36(19-23-9-6-5-7-10-23)21-27(26)33-29(34-28)40-22-25-11-8-15-35(25)4;1-24(2,3)34-23(32)31-13-12-30(15-17(31)7-9-25)21-19-8-10-26-14-20(19)27-22(28-21)33-16-18-6-5-11-29(18)4;;/h5-7,9-10,24-25H,8,11-13,15-22H2,1-4H3;17-18,26H,5-8,10-16H2,1-4H3;2*1H2/t24?,25-;17?,18-;;/m00../s1. The first-order valence-electron chi connectivity index (χ1n) is 27.1. The highest BCUT2D eigenvalue weighted by molar-refractivity contribution is 7.59. The topological polar surface area (TPSA) is 205 Å². The molecule has 8 heterocycles. The van der Waals surface area contributed by atoms with E-state index in [-0.39, 0.29) is 64.1 Å². The summed E-state index contributed by atoms with van der Waals surface area (Å²) in [4.78, 5) is 60.1. The third kappa shape index (κ3) is 16.4. The van der Waals surface area contributed by atoms with E-state index in [9.17, 15) is 20.1 Å². The van der Waals surface area contributed by atoms with E-state index in [1.54, 1.807) is 9.80 Å². The molecule has 0 bridgehead atoms. The van der Waals surface area contributed by atoms with Crippen molar-refractivity contribution in [2.45, 2.75) is 148 Å². The molecule has 2 amide bonds. The van der Waals surface area contributed by atoms with Gasteiger partial charge in [0, 0.05) is 88.7 Å². The van der Waals surface area contributed by atoms with E-state index >= 15 is 0 Å². The van der Waals surface area contributed by atoms with Gasteiger partial charge in [0.05, 0.1) is 48.5 Å². The lowest BCUT2D eigenvalue weighted by Crippen LogP contribution is -2.56. The number of ether oxygens (including phenoxy) is 4. The molecule has 2 unspecified atom stereocenters. The SMILES string of the molecule is CN1CCC[C@H]1COc1nc2c(c(N3CCN(C(=O)OC(C)(C)C)C(CC#N)C3)n1)CCN(Cc1ccccc1)C2.CN1CCC[C@H]1COc1nc2c(c(N3CCN(C(=O)OC(C)(C)C)C(CC#N)C3)n1)CCNC2.S.S. The second-order valence-corrected chi connectivity index (χ2v) is 22.8. The maximum Gasteiger partial charge on any atom is 0.410 e. The predicted octanol–water partition coefficient (Wildman–Crippen LogP) is 6.01. The van der Waals surface area contributed by atoms with Crippen LogP contribution in [0.1, 0.15) is 108 Å². The largest absolute Gasteiger partial charge is 0.462 e. The number of anilines is 2. The third-order valence-corrected chi connectivity index (χ3v) is 14.9. The number of hydrogen-bond donors (Lipinski definition) is 1. The van der Waals surface area contributed by atoms with E-state index in [4.69, 9.17) is 38.9 Å². The summed E-state index contributed by atoms with van der Waals surface area (Å²) in [5.74, 6) is 1.74. The number of benzene rings is 1. The molecule has 3 aromatic rings. The van der Waals surface area contributed by atoms with Crippen LogP contribution in [0, 0.1) is 22.7 Å². The Kier molecular flexibility index (Phi) is 21.7. The zero-order valence-electron chi connectivity index (χ0n) is 46.7. The molecule has 1 aromatic carbocycles. The fourth-order valence-corrected chi connectivity index (χ4v) is 10.9. The van der Waals surface area contributed by atoms with Crippen molar-refractivity contribution in [3.8, 4) is 24.2 Å². The van der Waals surface area contributed by atoms with E-state index in [0.717, 1.165) is 99.1 Å². The maximum atomic E-state index is 13.0. The molecule has 0 saturated carbocycles. The quantitative estimate of drug-likeness (QED) is 0.221. The van der Waals surface area contributed by atoms with Gasteiger partial charge in [-0.1, -0.05) is 30.3 Å². The van der Waals surface area contributed by atoms with Crippen molar-refractivity contribution in [3.63, 3.8) is 0 Å². The first-order chi connectivity index (χ1) is 35.9. The van der Waals surface area contributed by atoms with Crippen LogP contribution in [0.2, 0.25) is 0 Å². The zero-order valence-corrected chi connectivity index (χ0v) is 48.7. The van der Waals surface area contributed by atoms with Gasteiger partial charge in [0.2, 0.25) is 0 Å². The Morgan fingerprint density at radius 2 is 1.14 bits per heavy atom. The minimum atomic E-state index is -0.595. The Bertz CT molecular complexity index is 2520. The van der Waals surface area contributed by atoms with Crippen molar-refractivity contribution in [3.05, 3.63) is 58.4 Å². The van der Waals surface area contributed by atoms with Gasteiger partial charge < -0.3 is 53.7 Å². The number of likely N-dealkylation sites (N-methyl/N-ethyl adjacent to an activating group) is 2. The van der Waals surface area contributed by atoms with Crippen molar-refractivity contribution in [1.82, 2.24) is 49.8 Å². The molecule has 6 aliphatic heterocycles. The van der Waals surface area contributed by atoms with Crippen LogP contribution in [-0.4, -0.2) is 185 Å². The zero-order chi connectivity index (χ0) is 53.3. The highest BCUT2D eigenvalue weighted by Crippen LogP contribution is 2.33. The average Bonchev–Trinajstić information content (AvgIpc) is 4.00. The van der Waals surface area contributed by atoms with Gasteiger partial charge in [-0.25, -0.2) is 9.59 Å². The number of fused-ring (bicyclic) bond motifs is 2. The van der Waals surface area contributed by atoms with Gasteiger partial charge >= 0.3 is 24.2 Å². The molecule has 77 heavy (non-hydrogen) atoms. The molecular weight excluding hydrogens is 1020 g/mol. The van der Waals surface area contributed by atoms with Crippen LogP contribution in [0.25, 0.3) is 0 Å². The predicted molar refractivity (Wildman–Crippen MR) is 305 cm³/mol. The van der Waals surface area contributed by atoms with Crippen molar-refractivity contribution < 1.29 is 28.5 Å². The number of nitrogens with zero attached hydrogens (tertiary/aromatic N) is 13. The van der Waals surface area contributed by atoms with Gasteiger partial charge in [-0.05, 0) is 119 Å². The number of piperazine rings is 2. The molecule has 20 nitrogen and oxygen atoms in total. The van der Waals surface area contributed by atoms with Gasteiger partial charge in [-0.2, -0.15) is 57.5 Å². The number of nitrogens with one attached hydrogen (secondary N) is 1. The summed E-state index contributed by atoms with van der Waals surface area (Å²) in [6, 6.07) is 16.0. The summed E-state index contributed by atoms with van der Waals surface area (Å²) in [6.07, 6.45) is 6.00. The molecule has 1 N–H and O–H groups in total. The van der Waals surface area contributed by atoms with Crippen LogP contribution < -0.4 is 24.6 Å². The Morgan fingerprint density at radius 1 is 0.649 bits per heavy atom. The Morgan fingerprint density at radius 3 is 1.61 bits per heavy atom. The monoisotopic (exact) mass is 1100 g/mol. The van der Waals surface area contributed by atoms with Gasteiger partial charge in [-0.15, -0.1) is 0 Å². The fourth-order valence-electron chi connectivity index (χ4n) is 10.9. The molecule has 0 radical (unpaired) electrons. The normalized spacial score (nSPS) is 21.9. The number of amides is 2. The van der Waals surface area contributed by atoms with E-state index in [1.807, 2.05) is 47.6 Å². The Labute approximate surface area is 470 Å². The van der Waals surface area contributed by atoms with Gasteiger partial charge in [0.25, 0.3) is 0 Å². The number of nitriles is 2. The number of hydrogen-bond acceptors (Lipinski definition) is 18. The van der Waals surface area contributed by atoms with E-state index < -0.39 is 11.2 Å². The lowest BCUT2D eigenvalue weighted by atomic mass is 10.0. The Hall–Kier alpha value is -5.36. The number of carbonyl (C=O) groups is 2. The molecule has 6 aliphatic rings. The highest BCUT2D eigenvalue weighted by Gasteiger charge is 2.38. The van der Waals surface area contributed by atoms with Gasteiger partial charge in [-0.3, -0.25) is 4.90 Å². The smallest absolute Gasteiger partial charge is 0.410 e. The van der Waals surface area contributed by atoms with Crippen LogP contribution in [0.5, 0.6) is 12.0 Å². The van der Waals surface area contributed by atoms with Crippen LogP contribution in [0.3, 0.4) is 0 Å². The first-order valence-corrected chi connectivity index (χ1v) is 27.1. The van der Waals surface area contributed by atoms with Crippen LogP contribution >= 0.6 is 27.0 Å². The lowest BCUT2D eigenvalue weighted by molar-refractivity contribution is 0.0134. The van der Waals surface area contributed by atoms with E-state index in [1.165, 1.54) is 18.4 Å². The van der Waals surface area contributed by atoms with Crippen molar-refractivity contribution in [2.75, 3.05) is 103 Å². The van der Waals surface area contributed by atoms with E-state index in [2.05, 4.69) is 80.3 Å². The first kappa shape index (κ1) is 60.9. The highest BCUT2D eigenvalue weighted by atomic mass is 32.1. The molecule has 2 aromatic heterocycles. The number of likely N-dealkylation sites (tertiary alicyclic amines) is 2. The summed E-state index contributed by atoms with van der Waals surface area (Å²) < 4.78 is 23.6. The Balaban J connectivity index is 0.000000247. The number of carbonyl (C=O) groups excluding carboxylic acids is 2. The second kappa shape index (κ2) is 27.5. The van der Waals surface area contributed by atoms with Crippen molar-refractivity contribution in [1.29, 1.82) is 10.5 Å². The minimum Gasteiger partial charge on any atom is -0.462 e. The molecule has 22 heteroatoms. The average molecular weight is 1100 g/mol. The van der Waals surface area contributed by atoms with Crippen LogP contribution in [0.15, 0.2) is 30.3 Å². The molecule has 0 spiro atoms. The molecule has 4 saturated heterocycles. The third-order valence-electron chi connectivity index (χ3n) is 14.9. The summed E-state index contributed by atoms with van der Waals surface area (Å²) in [5.41, 5.74) is 4.34. The molecule has 0 aliphatic carbocycles. The lowest BCUT2D eigenvalue weighted by Gasteiger charge is -2.42. The number of rotatable bonds is 12. The minimum absolute atomic E-state index is 0. The fraction of sp³-hybridized carbons (Fsp3) is 0.673. The number of aromatic nitrogens is 4. The van der Waals surface area contributed by atoms with Crippen molar-refractivity contribution in [2.24, 2.45) is 0 Å². The molecule has 422 valence electrons. The van der Waals surface area contributed by atoms with Crippen LogP contribution in [0.4, 0.5) is 21.2 Å². The summed E-state index contributed by atoms with van der Waals surface area (Å²) >= 11 is 0. The summed E-state index contributed by atoms with van der Waals surface area (Å²) in [6.45, 7) is 21.7. The van der Waals surface area contributed by atoms with Gasteiger partial charge in [0.1, 0.15) is 36.1 Å². The summed E-state index contributed by atoms with van der Waals surface area (Å²) in [7, 11) is 4.27. The molecule has 4 atom stereocenters. The van der Waals surface area contributed by atoms with Crippen LogP contribution in [-0.2, 0) is 41.9 Å². The molecule has 9 rings (SSSR count). The maximum absolute atomic E-state index is 13.0. The molecule has 4 fully saturated rings. The van der Waals surface area contributed by atoms with Crippen molar-refractivity contribution >= 4 is 50.8 Å².